The zero-order valence-corrected chi connectivity index (χ0v) is 16.5. The first-order valence-corrected chi connectivity index (χ1v) is 9.49. The summed E-state index contributed by atoms with van der Waals surface area (Å²) in [5.74, 6) is -2.03. The highest BCUT2D eigenvalue weighted by Gasteiger charge is 2.35. The van der Waals surface area contributed by atoms with E-state index in [2.05, 4.69) is 0 Å². The van der Waals surface area contributed by atoms with E-state index in [1.165, 1.54) is 0 Å². The Bertz CT molecular complexity index is 1100. The molecular formula is C19H17ClF4N2O4. The van der Waals surface area contributed by atoms with Crippen molar-refractivity contribution in [2.24, 2.45) is 7.05 Å². The van der Waals surface area contributed by atoms with Crippen LogP contribution in [0.5, 0.6) is 0 Å². The monoisotopic (exact) mass is 448 g/mol. The minimum atomic E-state index is -4.96. The van der Waals surface area contributed by atoms with Crippen LogP contribution in [0.1, 0.15) is 48.2 Å². The van der Waals surface area contributed by atoms with Crippen LogP contribution in [-0.2, 0) is 18.0 Å². The average molecular weight is 449 g/mol. The topological polar surface area (TPSA) is 70.3 Å². The predicted octanol–water partition coefficient (Wildman–Crippen LogP) is 3.84. The number of aromatic nitrogens is 2. The molecule has 3 rings (SSSR count). The van der Waals surface area contributed by atoms with Crippen LogP contribution in [0.25, 0.3) is 5.69 Å². The number of alkyl halides is 3. The SMILES string of the molecule is Cn1c(C(F)(F)F)cc(=O)n(-c2cc(C(=O)OC3CCCCC3)c(Cl)cc2F)c1=O. The van der Waals surface area contributed by atoms with Crippen LogP contribution < -0.4 is 11.2 Å². The molecule has 2 aromatic rings. The van der Waals surface area contributed by atoms with Crippen molar-refractivity contribution < 1.29 is 27.1 Å². The minimum absolute atomic E-state index is 0.176. The standard InChI is InChI=1S/C19H17ClF4N2O4/c1-25-15(19(22,23)24)9-16(27)26(18(25)29)14-7-11(12(20)8-13(14)21)17(28)30-10-5-3-2-4-6-10/h7-10H,2-6H2,1H3. The highest BCUT2D eigenvalue weighted by molar-refractivity contribution is 6.33. The molecule has 30 heavy (non-hydrogen) atoms. The maximum atomic E-state index is 14.5. The van der Waals surface area contributed by atoms with Crippen molar-refractivity contribution >= 4 is 17.6 Å². The molecule has 0 spiro atoms. The van der Waals surface area contributed by atoms with E-state index in [0.29, 0.717) is 18.9 Å². The molecule has 1 aromatic heterocycles. The molecule has 0 amide bonds. The number of ether oxygens (including phenoxy) is 1. The molecule has 11 heteroatoms. The summed E-state index contributed by atoms with van der Waals surface area (Å²) in [5, 5.41) is -0.311. The normalized spacial score (nSPS) is 15.3. The Labute approximate surface area is 172 Å². The van der Waals surface area contributed by atoms with E-state index in [4.69, 9.17) is 16.3 Å². The summed E-state index contributed by atoms with van der Waals surface area (Å²) in [6.45, 7) is 0. The van der Waals surface area contributed by atoms with E-state index >= 15 is 0 Å². The van der Waals surface area contributed by atoms with Crippen molar-refractivity contribution in [3.8, 4) is 5.69 Å². The number of esters is 1. The lowest BCUT2D eigenvalue weighted by atomic mass is 9.98. The number of benzene rings is 1. The molecule has 1 aliphatic rings. The summed E-state index contributed by atoms with van der Waals surface area (Å²) in [6.07, 6.45) is -1.17. The molecule has 1 aromatic carbocycles. The Morgan fingerprint density at radius 1 is 1.13 bits per heavy atom. The van der Waals surface area contributed by atoms with Crippen molar-refractivity contribution in [3.05, 3.63) is 61.1 Å². The maximum Gasteiger partial charge on any atom is 0.431 e. The fraction of sp³-hybridized carbons (Fsp3) is 0.421. The molecule has 0 N–H and O–H groups in total. The third-order valence-corrected chi connectivity index (χ3v) is 5.25. The molecule has 0 aliphatic heterocycles. The van der Waals surface area contributed by atoms with Crippen molar-refractivity contribution in [1.29, 1.82) is 0 Å². The van der Waals surface area contributed by atoms with Crippen LogP contribution in [0.15, 0.2) is 27.8 Å². The molecule has 162 valence electrons. The quantitative estimate of drug-likeness (QED) is 0.528. The minimum Gasteiger partial charge on any atom is -0.459 e. The third kappa shape index (κ3) is 4.28. The van der Waals surface area contributed by atoms with Crippen molar-refractivity contribution in [1.82, 2.24) is 9.13 Å². The first-order valence-electron chi connectivity index (χ1n) is 9.11. The number of rotatable bonds is 3. The van der Waals surface area contributed by atoms with E-state index in [1.807, 2.05) is 0 Å². The molecule has 0 radical (unpaired) electrons. The van der Waals surface area contributed by atoms with Gasteiger partial charge in [0.05, 0.1) is 16.3 Å². The predicted molar refractivity (Wildman–Crippen MR) is 99.5 cm³/mol. The van der Waals surface area contributed by atoms with E-state index in [1.54, 1.807) is 0 Å². The Hall–Kier alpha value is -2.62. The lowest BCUT2D eigenvalue weighted by Gasteiger charge is -2.22. The smallest absolute Gasteiger partial charge is 0.431 e. The fourth-order valence-electron chi connectivity index (χ4n) is 3.38. The first-order chi connectivity index (χ1) is 14.0. The van der Waals surface area contributed by atoms with Gasteiger partial charge in [-0.1, -0.05) is 18.0 Å². The van der Waals surface area contributed by atoms with E-state index in [0.717, 1.165) is 32.4 Å². The molecule has 1 saturated carbocycles. The maximum absolute atomic E-state index is 14.5. The average Bonchev–Trinajstić information content (AvgIpc) is 2.66. The van der Waals surface area contributed by atoms with Gasteiger partial charge in [-0.25, -0.2) is 18.5 Å². The number of carbonyl (C=O) groups is 1. The van der Waals surface area contributed by atoms with Gasteiger partial charge in [-0.05, 0) is 37.8 Å². The fourth-order valence-corrected chi connectivity index (χ4v) is 3.61. The Kier molecular flexibility index (Phi) is 6.07. The molecule has 6 nitrogen and oxygen atoms in total. The Balaban J connectivity index is 2.08. The van der Waals surface area contributed by atoms with Gasteiger partial charge < -0.3 is 4.74 Å². The molecular weight excluding hydrogens is 432 g/mol. The second kappa shape index (κ2) is 8.25. The van der Waals surface area contributed by atoms with Crippen LogP contribution in [0.3, 0.4) is 0 Å². The highest BCUT2D eigenvalue weighted by atomic mass is 35.5. The summed E-state index contributed by atoms with van der Waals surface area (Å²) in [5.41, 5.74) is -5.32. The summed E-state index contributed by atoms with van der Waals surface area (Å²) in [4.78, 5) is 37.1. The van der Waals surface area contributed by atoms with Gasteiger partial charge in [0.1, 0.15) is 17.6 Å². The van der Waals surface area contributed by atoms with E-state index in [-0.39, 0.29) is 31.9 Å². The van der Waals surface area contributed by atoms with Gasteiger partial charge in [-0.3, -0.25) is 9.36 Å². The van der Waals surface area contributed by atoms with Crippen LogP contribution in [0, 0.1) is 5.82 Å². The number of halogens is 5. The van der Waals surface area contributed by atoms with Gasteiger partial charge in [-0.15, -0.1) is 0 Å². The second-order valence-electron chi connectivity index (χ2n) is 6.99. The molecule has 0 atom stereocenters. The molecule has 0 saturated heterocycles. The number of hydrogen-bond donors (Lipinski definition) is 0. The number of hydrogen-bond acceptors (Lipinski definition) is 4. The van der Waals surface area contributed by atoms with Crippen molar-refractivity contribution in [2.45, 2.75) is 44.4 Å². The largest absolute Gasteiger partial charge is 0.459 e. The van der Waals surface area contributed by atoms with Crippen molar-refractivity contribution in [2.75, 3.05) is 0 Å². The van der Waals surface area contributed by atoms with Crippen LogP contribution in [0.2, 0.25) is 5.02 Å². The molecule has 1 aliphatic carbocycles. The van der Waals surface area contributed by atoms with Crippen molar-refractivity contribution in [3.63, 3.8) is 0 Å². The molecule has 1 fully saturated rings. The van der Waals surface area contributed by atoms with Crippen LogP contribution in [-0.4, -0.2) is 21.2 Å². The van der Waals surface area contributed by atoms with Gasteiger partial charge >= 0.3 is 17.8 Å². The number of nitrogens with zero attached hydrogens (tertiary/aromatic N) is 2. The van der Waals surface area contributed by atoms with Crippen LogP contribution in [0.4, 0.5) is 17.6 Å². The van der Waals surface area contributed by atoms with Gasteiger partial charge in [0.15, 0.2) is 0 Å². The van der Waals surface area contributed by atoms with E-state index < -0.39 is 40.6 Å². The summed E-state index contributed by atoms with van der Waals surface area (Å²) in [6, 6.07) is 1.71. The second-order valence-corrected chi connectivity index (χ2v) is 7.40. The van der Waals surface area contributed by atoms with Gasteiger partial charge in [-0.2, -0.15) is 13.2 Å². The van der Waals surface area contributed by atoms with Crippen LogP contribution >= 0.6 is 11.6 Å². The lowest BCUT2D eigenvalue weighted by Crippen LogP contribution is -2.41. The van der Waals surface area contributed by atoms with E-state index in [9.17, 15) is 31.9 Å². The summed E-state index contributed by atoms with van der Waals surface area (Å²) < 4.78 is 59.3. The lowest BCUT2D eigenvalue weighted by molar-refractivity contribution is -0.144. The summed E-state index contributed by atoms with van der Waals surface area (Å²) in [7, 11) is 0.799. The molecule has 1 heterocycles. The first kappa shape index (κ1) is 22.1. The third-order valence-electron chi connectivity index (χ3n) is 4.93. The zero-order valence-electron chi connectivity index (χ0n) is 15.8. The van der Waals surface area contributed by atoms with Gasteiger partial charge in [0.2, 0.25) is 0 Å². The highest BCUT2D eigenvalue weighted by Crippen LogP contribution is 2.28. The van der Waals surface area contributed by atoms with Gasteiger partial charge in [0, 0.05) is 13.1 Å². The van der Waals surface area contributed by atoms with Gasteiger partial charge in [0.25, 0.3) is 5.56 Å². The molecule has 0 bridgehead atoms. The number of carbonyl (C=O) groups excluding carboxylic acids is 1. The Morgan fingerprint density at radius 2 is 1.77 bits per heavy atom. The summed E-state index contributed by atoms with van der Waals surface area (Å²) >= 11 is 5.94. The Morgan fingerprint density at radius 3 is 2.37 bits per heavy atom. The zero-order chi connectivity index (χ0) is 22.2. The molecule has 0 unspecified atom stereocenters.